The zero-order valence-corrected chi connectivity index (χ0v) is 4.06. The predicted octanol–water partition coefficient (Wildman–Crippen LogP) is 1.83. The molecule has 0 aliphatic carbocycles. The first kappa shape index (κ1) is 4.71. The van der Waals surface area contributed by atoms with Crippen molar-refractivity contribution in [2.45, 2.75) is 0 Å². The maximum absolute atomic E-state index is 11.7. The molecule has 37 valence electrons. The van der Waals surface area contributed by atoms with Gasteiger partial charge >= 0.3 is 0 Å². The van der Waals surface area contributed by atoms with Crippen LogP contribution in [0.5, 0.6) is 0 Å². The molecule has 0 aliphatic rings. The van der Waals surface area contributed by atoms with Gasteiger partial charge in [0.15, 0.2) is 5.82 Å². The Hall–Kier alpha value is -0.440. The molecule has 1 heterocycles. The molecule has 0 spiro atoms. The van der Waals surface area contributed by atoms with Gasteiger partial charge in [-0.2, -0.15) is 4.39 Å². The van der Waals surface area contributed by atoms with Crippen LogP contribution in [0.1, 0.15) is 0 Å². The van der Waals surface area contributed by atoms with Gasteiger partial charge in [0.05, 0.1) is 5.38 Å². The first-order valence-electron chi connectivity index (χ1n) is 1.61. The van der Waals surface area contributed by atoms with Crippen LogP contribution in [0.2, 0.25) is 0 Å². The van der Waals surface area contributed by atoms with Crippen LogP contribution in [0.4, 0.5) is 8.78 Å². The highest BCUT2D eigenvalue weighted by Gasteiger charge is 1.97. The summed E-state index contributed by atoms with van der Waals surface area (Å²) in [6.07, 6.45) is 0. The fraction of sp³-hybridized carbons (Fsp3) is 0. The first-order chi connectivity index (χ1) is 3.30. The van der Waals surface area contributed by atoms with Crippen molar-refractivity contribution < 1.29 is 8.78 Å². The molecule has 0 N–H and O–H groups in total. The van der Waals surface area contributed by atoms with Crippen molar-refractivity contribution in [2.24, 2.45) is 0 Å². The van der Waals surface area contributed by atoms with Gasteiger partial charge in [-0.1, -0.05) is 0 Å². The second kappa shape index (κ2) is 1.58. The highest BCUT2D eigenvalue weighted by molar-refractivity contribution is 7.07. The Balaban J connectivity index is 3.12. The summed E-state index contributed by atoms with van der Waals surface area (Å²) in [5, 5.41) is 1.50. The number of hydrogen-bond acceptors (Lipinski definition) is 1. The second-order valence-corrected chi connectivity index (χ2v) is 1.78. The van der Waals surface area contributed by atoms with Gasteiger partial charge in [0.2, 0.25) is 5.13 Å². The molecular formula is C4HF2S. The second-order valence-electron chi connectivity index (χ2n) is 0.986. The molecule has 0 aromatic carbocycles. The first-order valence-corrected chi connectivity index (χ1v) is 2.43. The molecule has 0 amide bonds. The minimum atomic E-state index is -0.815. The maximum Gasteiger partial charge on any atom is 0.212 e. The Morgan fingerprint density at radius 3 is 2.43 bits per heavy atom. The molecule has 0 fully saturated rings. The van der Waals surface area contributed by atoms with Crippen molar-refractivity contribution in [3.05, 3.63) is 22.4 Å². The van der Waals surface area contributed by atoms with E-state index in [1.807, 2.05) is 0 Å². The third kappa shape index (κ3) is 0.771. The standard InChI is InChI=1S/C4HF2S/c5-3-1-2-7-4(3)6/h1H. The van der Waals surface area contributed by atoms with Crippen LogP contribution in [0, 0.1) is 16.3 Å². The maximum atomic E-state index is 11.7. The highest BCUT2D eigenvalue weighted by Crippen LogP contribution is 2.09. The van der Waals surface area contributed by atoms with Gasteiger partial charge < -0.3 is 0 Å². The summed E-state index contributed by atoms with van der Waals surface area (Å²) in [6, 6.07) is 0.972. The zero-order chi connectivity index (χ0) is 5.28. The summed E-state index contributed by atoms with van der Waals surface area (Å²) in [4.78, 5) is 0. The van der Waals surface area contributed by atoms with Gasteiger partial charge in [0, 0.05) is 0 Å². The molecular weight excluding hydrogens is 118 g/mol. The van der Waals surface area contributed by atoms with Crippen LogP contribution in [-0.2, 0) is 0 Å². The fourth-order valence-corrected chi connectivity index (χ4v) is 0.661. The Morgan fingerprint density at radius 1 is 1.57 bits per heavy atom. The normalized spacial score (nSPS) is 9.43. The van der Waals surface area contributed by atoms with Crippen molar-refractivity contribution in [1.82, 2.24) is 0 Å². The summed E-state index contributed by atoms with van der Waals surface area (Å²) < 4.78 is 23.4. The Morgan fingerprint density at radius 2 is 2.29 bits per heavy atom. The molecule has 0 saturated carbocycles. The van der Waals surface area contributed by atoms with Gasteiger partial charge in [-0.05, 0) is 6.07 Å². The van der Waals surface area contributed by atoms with Crippen LogP contribution in [0.25, 0.3) is 0 Å². The van der Waals surface area contributed by atoms with Crippen molar-refractivity contribution in [3.63, 3.8) is 0 Å². The van der Waals surface area contributed by atoms with E-state index in [-0.39, 0.29) is 0 Å². The van der Waals surface area contributed by atoms with E-state index in [9.17, 15) is 8.78 Å². The van der Waals surface area contributed by atoms with Gasteiger partial charge in [-0.15, -0.1) is 11.3 Å². The smallest absolute Gasteiger partial charge is 0.203 e. The molecule has 1 rings (SSSR count). The Labute approximate surface area is 43.4 Å². The molecule has 1 radical (unpaired) electrons. The van der Waals surface area contributed by atoms with Gasteiger partial charge in [-0.3, -0.25) is 0 Å². The monoisotopic (exact) mass is 119 g/mol. The topological polar surface area (TPSA) is 0 Å². The van der Waals surface area contributed by atoms with Gasteiger partial charge in [-0.25, -0.2) is 4.39 Å². The van der Waals surface area contributed by atoms with Crippen molar-refractivity contribution in [1.29, 1.82) is 0 Å². The fourth-order valence-electron chi connectivity index (χ4n) is 0.238. The van der Waals surface area contributed by atoms with Crippen LogP contribution in [0.15, 0.2) is 6.07 Å². The van der Waals surface area contributed by atoms with Crippen LogP contribution in [-0.4, -0.2) is 0 Å². The van der Waals surface area contributed by atoms with Crippen molar-refractivity contribution in [2.75, 3.05) is 0 Å². The molecule has 0 atom stereocenters. The number of hydrogen-bond donors (Lipinski definition) is 0. The SMILES string of the molecule is Fc1c[c]sc1F. The number of halogens is 2. The minimum Gasteiger partial charge on any atom is -0.203 e. The van der Waals surface area contributed by atoms with E-state index in [1.54, 1.807) is 0 Å². The molecule has 0 unspecified atom stereocenters. The Bertz CT molecular complexity index is 142. The van der Waals surface area contributed by atoms with E-state index in [2.05, 4.69) is 5.38 Å². The van der Waals surface area contributed by atoms with Crippen LogP contribution >= 0.6 is 11.3 Å². The van der Waals surface area contributed by atoms with E-state index in [4.69, 9.17) is 0 Å². The van der Waals surface area contributed by atoms with Crippen LogP contribution in [0.3, 0.4) is 0 Å². The van der Waals surface area contributed by atoms with E-state index >= 15 is 0 Å². The lowest BCUT2D eigenvalue weighted by molar-refractivity contribution is 0.531. The van der Waals surface area contributed by atoms with E-state index in [0.29, 0.717) is 11.3 Å². The van der Waals surface area contributed by atoms with E-state index < -0.39 is 10.9 Å². The zero-order valence-electron chi connectivity index (χ0n) is 3.24. The summed E-state index contributed by atoms with van der Waals surface area (Å²) >= 11 is 0.638. The number of rotatable bonds is 0. The molecule has 7 heavy (non-hydrogen) atoms. The highest BCUT2D eigenvalue weighted by atomic mass is 32.1. The Kier molecular flexibility index (Phi) is 1.06. The number of thiophene rings is 1. The summed E-state index contributed by atoms with van der Waals surface area (Å²) in [5.74, 6) is -0.815. The van der Waals surface area contributed by atoms with Gasteiger partial charge in [0.25, 0.3) is 0 Å². The third-order valence-electron chi connectivity index (χ3n) is 0.522. The minimum absolute atomic E-state index is 0.638. The largest absolute Gasteiger partial charge is 0.212 e. The lowest BCUT2D eigenvalue weighted by atomic mass is 10.6. The van der Waals surface area contributed by atoms with E-state index in [0.717, 1.165) is 6.07 Å². The van der Waals surface area contributed by atoms with Gasteiger partial charge in [0.1, 0.15) is 0 Å². The third-order valence-corrected chi connectivity index (χ3v) is 1.13. The molecule has 0 nitrogen and oxygen atoms in total. The van der Waals surface area contributed by atoms with E-state index in [1.165, 1.54) is 0 Å². The molecule has 0 saturated heterocycles. The summed E-state index contributed by atoms with van der Waals surface area (Å²) in [7, 11) is 0. The van der Waals surface area contributed by atoms with Crippen LogP contribution < -0.4 is 0 Å². The summed E-state index contributed by atoms with van der Waals surface area (Å²) in [5.41, 5.74) is 0. The molecule has 0 bridgehead atoms. The molecule has 1 aromatic rings. The molecule has 0 aliphatic heterocycles. The molecule has 1 aromatic heterocycles. The van der Waals surface area contributed by atoms with Crippen molar-refractivity contribution in [3.8, 4) is 0 Å². The quantitative estimate of drug-likeness (QED) is 0.488. The average molecular weight is 119 g/mol. The predicted molar refractivity (Wildman–Crippen MR) is 23.1 cm³/mol. The molecule has 3 heteroatoms. The lowest BCUT2D eigenvalue weighted by Gasteiger charge is -1.70. The summed E-state index contributed by atoms with van der Waals surface area (Å²) in [6.45, 7) is 0. The van der Waals surface area contributed by atoms with Crippen molar-refractivity contribution >= 4 is 11.3 Å². The average Bonchev–Trinajstić information content (AvgIpc) is 1.91. The lowest BCUT2D eigenvalue weighted by Crippen LogP contribution is -1.64.